The van der Waals surface area contributed by atoms with Crippen LogP contribution in [0.1, 0.15) is 6.42 Å². The molecule has 0 aliphatic carbocycles. The minimum Gasteiger partial charge on any atom is -0.326 e. The molecule has 0 radical (unpaired) electrons. The number of anilines is 3. The van der Waals surface area contributed by atoms with Gasteiger partial charge >= 0.3 is 10.2 Å². The Hall–Kier alpha value is -2.59. The predicted octanol–water partition coefficient (Wildman–Crippen LogP) is 1.62. The van der Waals surface area contributed by atoms with Crippen LogP contribution in [-0.4, -0.2) is 42.6 Å². The van der Waals surface area contributed by atoms with Crippen molar-refractivity contribution in [1.29, 1.82) is 0 Å². The highest BCUT2D eigenvalue weighted by Gasteiger charge is 2.35. The van der Waals surface area contributed by atoms with Crippen molar-refractivity contribution < 1.29 is 21.6 Å². The van der Waals surface area contributed by atoms with E-state index in [0.717, 1.165) is 8.61 Å². The number of nitrogens with zero attached hydrogens (tertiary/aromatic N) is 2. The van der Waals surface area contributed by atoms with E-state index in [4.69, 9.17) is 0 Å². The van der Waals surface area contributed by atoms with E-state index in [1.54, 1.807) is 36.4 Å². The predicted molar refractivity (Wildman–Crippen MR) is 104 cm³/mol. The van der Waals surface area contributed by atoms with Gasteiger partial charge in [-0.15, -0.1) is 0 Å². The Bertz CT molecular complexity index is 1080. The molecule has 0 saturated heterocycles. The smallest absolute Gasteiger partial charge is 0.326 e. The fourth-order valence-electron chi connectivity index (χ4n) is 2.75. The van der Waals surface area contributed by atoms with Gasteiger partial charge in [-0.25, -0.2) is 8.42 Å². The average molecular weight is 409 g/mol. The summed E-state index contributed by atoms with van der Waals surface area (Å²) >= 11 is 0. The highest BCUT2D eigenvalue weighted by molar-refractivity contribution is 7.94. The molecular formula is C17H19N3O5S2. The van der Waals surface area contributed by atoms with E-state index in [1.165, 1.54) is 26.2 Å². The number of carbonyl (C=O) groups is 1. The molecule has 0 bridgehead atoms. The molecule has 10 heteroatoms. The van der Waals surface area contributed by atoms with Gasteiger partial charge < -0.3 is 5.32 Å². The van der Waals surface area contributed by atoms with Crippen LogP contribution in [-0.2, 0) is 24.8 Å². The van der Waals surface area contributed by atoms with Gasteiger partial charge in [-0.2, -0.15) is 8.42 Å². The number of fused-ring (bicyclic) bond motifs is 1. The van der Waals surface area contributed by atoms with E-state index in [2.05, 4.69) is 5.32 Å². The third-order valence-electron chi connectivity index (χ3n) is 4.33. The van der Waals surface area contributed by atoms with Crippen molar-refractivity contribution in [3.63, 3.8) is 0 Å². The summed E-state index contributed by atoms with van der Waals surface area (Å²) in [5.74, 6) is -0.781. The lowest BCUT2D eigenvalue weighted by molar-refractivity contribution is -0.115. The zero-order chi connectivity index (χ0) is 19.8. The normalized spacial score (nSPS) is 15.5. The number of benzene rings is 2. The van der Waals surface area contributed by atoms with Crippen LogP contribution >= 0.6 is 0 Å². The molecule has 1 aliphatic heterocycles. The van der Waals surface area contributed by atoms with Gasteiger partial charge in [-0.3, -0.25) is 13.4 Å². The van der Waals surface area contributed by atoms with Crippen LogP contribution in [0.5, 0.6) is 0 Å². The van der Waals surface area contributed by atoms with E-state index in [1.807, 2.05) is 0 Å². The van der Waals surface area contributed by atoms with Crippen LogP contribution in [0.25, 0.3) is 0 Å². The Morgan fingerprint density at radius 1 is 1.00 bits per heavy atom. The molecule has 1 N–H and O–H groups in total. The lowest BCUT2D eigenvalue weighted by atomic mass is 10.2. The maximum absolute atomic E-state index is 12.2. The number of hydrogen-bond donors (Lipinski definition) is 1. The monoisotopic (exact) mass is 409 g/mol. The van der Waals surface area contributed by atoms with Gasteiger partial charge in [0.25, 0.3) is 0 Å². The van der Waals surface area contributed by atoms with Crippen molar-refractivity contribution in [2.75, 3.05) is 33.8 Å². The second kappa shape index (κ2) is 6.86. The number of hydrogen-bond acceptors (Lipinski definition) is 5. The Balaban J connectivity index is 1.69. The minimum absolute atomic E-state index is 0.171. The molecule has 0 saturated carbocycles. The first kappa shape index (κ1) is 19.2. The molecule has 1 amide bonds. The van der Waals surface area contributed by atoms with Gasteiger partial charge in [0.05, 0.1) is 22.0 Å². The summed E-state index contributed by atoms with van der Waals surface area (Å²) in [5, 5.41) is 2.62. The third-order valence-corrected chi connectivity index (χ3v) is 7.84. The van der Waals surface area contributed by atoms with Crippen LogP contribution in [0.15, 0.2) is 53.4 Å². The first-order valence-electron chi connectivity index (χ1n) is 8.07. The maximum Gasteiger partial charge on any atom is 0.326 e. The van der Waals surface area contributed by atoms with Gasteiger partial charge in [-0.05, 0) is 30.3 Å². The zero-order valence-corrected chi connectivity index (χ0v) is 16.4. The van der Waals surface area contributed by atoms with Crippen LogP contribution in [0.2, 0.25) is 0 Å². The molecule has 144 valence electrons. The second-order valence-corrected chi connectivity index (χ2v) is 10.2. The summed E-state index contributed by atoms with van der Waals surface area (Å²) in [6, 6.07) is 12.6. The Morgan fingerprint density at radius 2 is 1.63 bits per heavy atom. The van der Waals surface area contributed by atoms with E-state index in [0.29, 0.717) is 17.1 Å². The molecule has 0 aromatic heterocycles. The minimum atomic E-state index is -3.59. The average Bonchev–Trinajstić information content (AvgIpc) is 2.81. The number of sulfone groups is 1. The summed E-state index contributed by atoms with van der Waals surface area (Å²) < 4.78 is 51.0. The number of nitrogens with one attached hydrogen (secondary N) is 1. The Labute approximate surface area is 158 Å². The number of rotatable bonds is 5. The van der Waals surface area contributed by atoms with Gasteiger partial charge in [0.15, 0.2) is 9.84 Å². The van der Waals surface area contributed by atoms with Crippen molar-refractivity contribution in [3.8, 4) is 0 Å². The van der Waals surface area contributed by atoms with Gasteiger partial charge in [0.2, 0.25) is 5.91 Å². The summed E-state index contributed by atoms with van der Waals surface area (Å²) in [6.45, 7) is 0. The van der Waals surface area contributed by atoms with Crippen LogP contribution in [0.3, 0.4) is 0 Å². The molecule has 1 aliphatic rings. The highest BCUT2D eigenvalue weighted by Crippen LogP contribution is 2.40. The van der Waals surface area contributed by atoms with Crippen molar-refractivity contribution in [1.82, 2.24) is 0 Å². The van der Waals surface area contributed by atoms with Crippen LogP contribution < -0.4 is 13.9 Å². The maximum atomic E-state index is 12.2. The first-order chi connectivity index (χ1) is 12.6. The summed E-state index contributed by atoms with van der Waals surface area (Å²) in [5.41, 5.74) is 1.34. The van der Waals surface area contributed by atoms with E-state index in [-0.39, 0.29) is 17.1 Å². The molecule has 0 unspecified atom stereocenters. The summed E-state index contributed by atoms with van der Waals surface area (Å²) in [4.78, 5) is 12.3. The van der Waals surface area contributed by atoms with Crippen molar-refractivity contribution in [2.24, 2.45) is 0 Å². The topological polar surface area (TPSA) is 104 Å². The third kappa shape index (κ3) is 3.62. The molecule has 0 spiro atoms. The fourth-order valence-corrected chi connectivity index (χ4v) is 5.18. The van der Waals surface area contributed by atoms with E-state index in [9.17, 15) is 21.6 Å². The first-order valence-corrected chi connectivity index (χ1v) is 11.1. The molecule has 0 atom stereocenters. The standard InChI is InChI=1S/C17H19N3O5S2/c1-19-15-9-8-13(12-16(15)20(2)27(19,24)25)18-17(21)10-11-26(22,23)14-6-4-3-5-7-14/h3-9,12H,10-11H2,1-2H3,(H,18,21). The largest absolute Gasteiger partial charge is 0.326 e. The molecule has 1 heterocycles. The van der Waals surface area contributed by atoms with Gasteiger partial charge in [-0.1, -0.05) is 18.2 Å². The SMILES string of the molecule is CN1c2ccc(NC(=O)CCS(=O)(=O)c3ccccc3)cc2N(C)S1(=O)=O. The summed E-state index contributed by atoms with van der Waals surface area (Å²) in [6.07, 6.45) is -0.206. The molecule has 8 nitrogen and oxygen atoms in total. The van der Waals surface area contributed by atoms with Crippen molar-refractivity contribution >= 4 is 43.0 Å². The number of amides is 1. The highest BCUT2D eigenvalue weighted by atomic mass is 32.2. The van der Waals surface area contributed by atoms with Crippen molar-refractivity contribution in [2.45, 2.75) is 11.3 Å². The zero-order valence-electron chi connectivity index (χ0n) is 14.8. The van der Waals surface area contributed by atoms with Crippen LogP contribution in [0, 0.1) is 0 Å². The van der Waals surface area contributed by atoms with E-state index < -0.39 is 26.0 Å². The molecular weight excluding hydrogens is 390 g/mol. The molecule has 27 heavy (non-hydrogen) atoms. The van der Waals surface area contributed by atoms with Gasteiger partial charge in [0, 0.05) is 26.2 Å². The Kier molecular flexibility index (Phi) is 4.87. The van der Waals surface area contributed by atoms with E-state index >= 15 is 0 Å². The quantitative estimate of drug-likeness (QED) is 0.808. The van der Waals surface area contributed by atoms with Crippen LogP contribution in [0.4, 0.5) is 17.1 Å². The van der Waals surface area contributed by atoms with Crippen molar-refractivity contribution in [3.05, 3.63) is 48.5 Å². The lowest BCUT2D eigenvalue weighted by Gasteiger charge is -2.13. The Morgan fingerprint density at radius 3 is 2.30 bits per heavy atom. The molecule has 2 aromatic rings. The molecule has 3 rings (SSSR count). The number of carbonyl (C=O) groups excluding carboxylic acids is 1. The lowest BCUT2D eigenvalue weighted by Crippen LogP contribution is -2.32. The molecule has 0 fully saturated rings. The summed E-state index contributed by atoms with van der Waals surface area (Å²) in [7, 11) is -4.26. The fraction of sp³-hybridized carbons (Fsp3) is 0.235. The molecule has 2 aromatic carbocycles. The van der Waals surface area contributed by atoms with Gasteiger partial charge in [0.1, 0.15) is 0 Å². The second-order valence-electron chi connectivity index (χ2n) is 6.08.